The molecule has 3 N–H and O–H groups in total. The molecule has 0 saturated heterocycles. The third-order valence-corrected chi connectivity index (χ3v) is 3.53. The Labute approximate surface area is 100 Å². The van der Waals surface area contributed by atoms with Crippen molar-refractivity contribution in [2.24, 2.45) is 0 Å². The van der Waals surface area contributed by atoms with E-state index in [4.69, 9.17) is 5.73 Å². The van der Waals surface area contributed by atoms with Gasteiger partial charge in [0, 0.05) is 27.5 Å². The van der Waals surface area contributed by atoms with E-state index in [2.05, 4.69) is 44.0 Å². The molecule has 0 fully saturated rings. The van der Waals surface area contributed by atoms with Gasteiger partial charge in [-0.05, 0) is 50.1 Å². The number of aromatic nitrogens is 1. The van der Waals surface area contributed by atoms with E-state index in [0.717, 1.165) is 5.69 Å². The lowest BCUT2D eigenvalue weighted by Gasteiger charge is -2.05. The quantitative estimate of drug-likeness (QED) is 0.560. The Morgan fingerprint density at radius 2 is 1.82 bits per heavy atom. The first-order valence-corrected chi connectivity index (χ1v) is 5.85. The maximum absolute atomic E-state index is 6.06. The van der Waals surface area contributed by atoms with E-state index in [1.165, 1.54) is 38.5 Å². The molecule has 0 radical (unpaired) electrons. The van der Waals surface area contributed by atoms with Crippen LogP contribution < -0.4 is 5.73 Å². The second-order valence-corrected chi connectivity index (χ2v) is 4.83. The van der Waals surface area contributed by atoms with Crippen molar-refractivity contribution in [1.29, 1.82) is 0 Å². The monoisotopic (exact) mass is 224 g/mol. The largest absolute Gasteiger partial charge is 0.398 e. The number of nitrogen functional groups attached to an aromatic ring is 1. The van der Waals surface area contributed by atoms with Gasteiger partial charge in [0.15, 0.2) is 0 Å². The first kappa shape index (κ1) is 10.2. The van der Waals surface area contributed by atoms with E-state index in [1.54, 1.807) is 0 Å². The van der Waals surface area contributed by atoms with Crippen LogP contribution in [0, 0.1) is 20.8 Å². The van der Waals surface area contributed by atoms with E-state index >= 15 is 0 Å². The summed E-state index contributed by atoms with van der Waals surface area (Å²) in [6.45, 7) is 6.31. The van der Waals surface area contributed by atoms with Gasteiger partial charge in [-0.3, -0.25) is 0 Å². The van der Waals surface area contributed by atoms with Crippen molar-refractivity contribution in [3.63, 3.8) is 0 Å². The predicted octanol–water partition coefficient (Wildman–Crippen LogP) is 3.83. The maximum atomic E-state index is 6.06. The Bertz CT molecular complexity index is 736. The van der Waals surface area contributed by atoms with Gasteiger partial charge < -0.3 is 10.7 Å². The number of anilines is 1. The Morgan fingerprint density at radius 1 is 1.06 bits per heavy atom. The topological polar surface area (TPSA) is 41.8 Å². The third-order valence-electron chi connectivity index (χ3n) is 3.53. The average Bonchev–Trinajstić information content (AvgIpc) is 2.65. The van der Waals surface area contributed by atoms with Crippen LogP contribution in [0.1, 0.15) is 16.7 Å². The lowest BCUT2D eigenvalue weighted by molar-refractivity contribution is 1.42. The Balaban J connectivity index is 2.63. The van der Waals surface area contributed by atoms with Gasteiger partial charge in [0.1, 0.15) is 0 Å². The van der Waals surface area contributed by atoms with E-state index < -0.39 is 0 Å². The number of nitrogens with one attached hydrogen (secondary N) is 1. The van der Waals surface area contributed by atoms with E-state index in [9.17, 15) is 0 Å². The highest BCUT2D eigenvalue weighted by atomic mass is 14.7. The van der Waals surface area contributed by atoms with Gasteiger partial charge in [-0.15, -0.1) is 0 Å². The summed E-state index contributed by atoms with van der Waals surface area (Å²) in [5.74, 6) is 0. The standard InChI is InChI=1S/C15H16N2/c1-8-4-5-13-11(6-8)14-10(3)12(16)7-9(2)15(14)17-13/h4-7,17H,16H2,1-3H3. The Hall–Kier alpha value is -1.96. The molecule has 1 aromatic heterocycles. The molecule has 0 bridgehead atoms. The zero-order valence-electron chi connectivity index (χ0n) is 10.4. The number of H-pyrrole nitrogens is 1. The highest BCUT2D eigenvalue weighted by molar-refractivity contribution is 6.11. The van der Waals surface area contributed by atoms with Crippen LogP contribution in [0.15, 0.2) is 24.3 Å². The van der Waals surface area contributed by atoms with Crippen molar-refractivity contribution >= 4 is 27.5 Å². The Morgan fingerprint density at radius 3 is 2.59 bits per heavy atom. The van der Waals surface area contributed by atoms with Gasteiger partial charge in [0.05, 0.1) is 0 Å². The molecule has 0 spiro atoms. The van der Waals surface area contributed by atoms with Crippen molar-refractivity contribution in [3.8, 4) is 0 Å². The average molecular weight is 224 g/mol. The maximum Gasteiger partial charge on any atom is 0.0498 e. The smallest absolute Gasteiger partial charge is 0.0498 e. The summed E-state index contributed by atoms with van der Waals surface area (Å²) in [4.78, 5) is 3.49. The van der Waals surface area contributed by atoms with Crippen molar-refractivity contribution in [1.82, 2.24) is 4.98 Å². The van der Waals surface area contributed by atoms with Gasteiger partial charge >= 0.3 is 0 Å². The lowest BCUT2D eigenvalue weighted by Crippen LogP contribution is -1.91. The lowest BCUT2D eigenvalue weighted by atomic mass is 10.0. The molecular weight excluding hydrogens is 208 g/mol. The van der Waals surface area contributed by atoms with Gasteiger partial charge in [-0.1, -0.05) is 11.6 Å². The number of aromatic amines is 1. The molecule has 0 aliphatic rings. The van der Waals surface area contributed by atoms with Crippen LogP contribution in [-0.2, 0) is 0 Å². The Kier molecular flexibility index (Phi) is 1.96. The summed E-state index contributed by atoms with van der Waals surface area (Å²) >= 11 is 0. The highest BCUT2D eigenvalue weighted by Crippen LogP contribution is 2.33. The summed E-state index contributed by atoms with van der Waals surface area (Å²) in [6, 6.07) is 8.53. The van der Waals surface area contributed by atoms with Crippen molar-refractivity contribution < 1.29 is 0 Å². The van der Waals surface area contributed by atoms with Crippen LogP contribution in [0.2, 0.25) is 0 Å². The molecule has 0 atom stereocenters. The highest BCUT2D eigenvalue weighted by Gasteiger charge is 2.11. The van der Waals surface area contributed by atoms with Crippen LogP contribution in [-0.4, -0.2) is 4.98 Å². The molecule has 2 nitrogen and oxygen atoms in total. The van der Waals surface area contributed by atoms with Gasteiger partial charge in [-0.25, -0.2) is 0 Å². The number of nitrogens with two attached hydrogens (primary N) is 1. The molecule has 0 unspecified atom stereocenters. The summed E-state index contributed by atoms with van der Waals surface area (Å²) in [5, 5.41) is 2.54. The number of fused-ring (bicyclic) bond motifs is 3. The first-order valence-electron chi connectivity index (χ1n) is 5.85. The van der Waals surface area contributed by atoms with Crippen LogP contribution >= 0.6 is 0 Å². The van der Waals surface area contributed by atoms with E-state index in [1.807, 2.05) is 6.07 Å². The summed E-state index contributed by atoms with van der Waals surface area (Å²) in [7, 11) is 0. The fourth-order valence-corrected chi connectivity index (χ4v) is 2.55. The third kappa shape index (κ3) is 1.34. The molecular formula is C15H16N2. The normalized spacial score (nSPS) is 11.5. The minimum Gasteiger partial charge on any atom is -0.398 e. The van der Waals surface area contributed by atoms with Crippen LogP contribution in [0.25, 0.3) is 21.8 Å². The van der Waals surface area contributed by atoms with E-state index in [0.29, 0.717) is 0 Å². The molecule has 0 aliphatic carbocycles. The van der Waals surface area contributed by atoms with Crippen molar-refractivity contribution in [2.75, 3.05) is 5.73 Å². The van der Waals surface area contributed by atoms with Crippen LogP contribution in [0.4, 0.5) is 5.69 Å². The second kappa shape index (κ2) is 3.27. The van der Waals surface area contributed by atoms with Crippen molar-refractivity contribution in [2.45, 2.75) is 20.8 Å². The molecule has 3 aromatic rings. The molecule has 0 saturated carbocycles. The number of rotatable bonds is 0. The molecule has 3 rings (SSSR count). The molecule has 2 aromatic carbocycles. The zero-order chi connectivity index (χ0) is 12.2. The fourth-order valence-electron chi connectivity index (χ4n) is 2.55. The number of hydrogen-bond donors (Lipinski definition) is 2. The summed E-state index contributed by atoms with van der Waals surface area (Å²) in [5.41, 5.74) is 13.0. The number of benzene rings is 2. The molecule has 86 valence electrons. The molecule has 0 amide bonds. The predicted molar refractivity (Wildman–Crippen MR) is 74.4 cm³/mol. The molecule has 2 heteroatoms. The van der Waals surface area contributed by atoms with Crippen LogP contribution in [0.5, 0.6) is 0 Å². The summed E-state index contributed by atoms with van der Waals surface area (Å²) < 4.78 is 0. The first-order chi connectivity index (χ1) is 8.08. The van der Waals surface area contributed by atoms with Gasteiger partial charge in [0.2, 0.25) is 0 Å². The number of aryl methyl sites for hydroxylation is 3. The zero-order valence-corrected chi connectivity index (χ0v) is 10.4. The number of hydrogen-bond acceptors (Lipinski definition) is 1. The summed E-state index contributed by atoms with van der Waals surface area (Å²) in [6.07, 6.45) is 0. The molecule has 17 heavy (non-hydrogen) atoms. The van der Waals surface area contributed by atoms with Crippen LogP contribution in [0.3, 0.4) is 0 Å². The fraction of sp³-hybridized carbons (Fsp3) is 0.200. The second-order valence-electron chi connectivity index (χ2n) is 4.83. The van der Waals surface area contributed by atoms with Crippen molar-refractivity contribution in [3.05, 3.63) is 41.0 Å². The molecule has 1 heterocycles. The van der Waals surface area contributed by atoms with E-state index in [-0.39, 0.29) is 0 Å². The SMILES string of the molecule is Cc1ccc2[nH]c3c(C)cc(N)c(C)c3c2c1. The van der Waals surface area contributed by atoms with Gasteiger partial charge in [-0.2, -0.15) is 0 Å². The molecule has 0 aliphatic heterocycles. The minimum absolute atomic E-state index is 0.873. The van der Waals surface area contributed by atoms with Gasteiger partial charge in [0.25, 0.3) is 0 Å². The minimum atomic E-state index is 0.873.